The van der Waals surface area contributed by atoms with Crippen LogP contribution in [0.1, 0.15) is 264 Å². The molecule has 55 heavy (non-hydrogen) atoms. The average Bonchev–Trinajstić information content (AvgIpc) is 3.19. The topological polar surface area (TPSA) is 69.6 Å². The van der Waals surface area contributed by atoms with E-state index >= 15 is 0 Å². The Kier molecular flexibility index (Phi) is 45.8. The Morgan fingerprint density at radius 1 is 0.418 bits per heavy atom. The molecule has 0 aromatic rings. The third-order valence-corrected chi connectivity index (χ3v) is 11.3. The second-order valence-corrected chi connectivity index (χ2v) is 16.9. The van der Waals surface area contributed by atoms with Crippen molar-refractivity contribution in [2.45, 2.75) is 276 Å². The van der Waals surface area contributed by atoms with Crippen molar-refractivity contribution in [3.05, 3.63) is 36.5 Å². The van der Waals surface area contributed by atoms with Gasteiger partial charge in [0, 0.05) is 6.42 Å². The van der Waals surface area contributed by atoms with Crippen LogP contribution in [0.3, 0.4) is 0 Å². The lowest BCUT2D eigenvalue weighted by Crippen LogP contribution is -2.45. The van der Waals surface area contributed by atoms with Gasteiger partial charge in [-0.2, -0.15) is 0 Å². The molecule has 0 rings (SSSR count). The number of allylic oxidation sites excluding steroid dienone is 5. The van der Waals surface area contributed by atoms with E-state index in [1.54, 1.807) is 6.08 Å². The second-order valence-electron chi connectivity index (χ2n) is 16.9. The van der Waals surface area contributed by atoms with Crippen LogP contribution in [0.15, 0.2) is 36.5 Å². The summed E-state index contributed by atoms with van der Waals surface area (Å²) < 4.78 is 0. The lowest BCUT2D eigenvalue weighted by molar-refractivity contribution is -0.123. The van der Waals surface area contributed by atoms with Gasteiger partial charge in [0.05, 0.1) is 18.8 Å². The van der Waals surface area contributed by atoms with E-state index in [0.717, 1.165) is 32.1 Å². The van der Waals surface area contributed by atoms with E-state index in [9.17, 15) is 15.0 Å². The van der Waals surface area contributed by atoms with Crippen LogP contribution >= 0.6 is 0 Å². The molecule has 324 valence electrons. The molecule has 0 bridgehead atoms. The zero-order valence-corrected chi connectivity index (χ0v) is 37.2. The summed E-state index contributed by atoms with van der Waals surface area (Å²) in [6.07, 6.45) is 62.9. The molecule has 0 heterocycles. The minimum absolute atomic E-state index is 0.0717. The fraction of sp³-hybridized carbons (Fsp3) is 0.863. The molecule has 0 saturated carbocycles. The summed E-state index contributed by atoms with van der Waals surface area (Å²) in [6.45, 7) is 4.29. The predicted octanol–water partition coefficient (Wildman–Crippen LogP) is 15.7. The Hall–Kier alpha value is -1.39. The SMILES string of the molecule is CCCCCCCC/C=C/CC/C=C/C(O)C(CO)NC(=O)CCCCCCCCCCCCCCCCCCCCC/C=C\CCCCCCCCCC. The maximum absolute atomic E-state index is 12.4. The standard InChI is InChI=1S/C51H97NO3/c1-3-5-7-9-11-13-15-17-18-19-20-21-22-23-24-25-26-27-28-29-30-31-32-33-34-35-37-39-41-43-45-47-51(55)52-49(48-53)50(54)46-44-42-40-38-36-16-14-12-10-8-6-4-2/h19-20,36,38,44,46,49-50,53-54H,3-18,21-35,37,39-43,45,47-48H2,1-2H3,(H,52,55)/b20-19-,38-36+,46-44+. The minimum Gasteiger partial charge on any atom is -0.394 e. The van der Waals surface area contributed by atoms with Gasteiger partial charge in [-0.25, -0.2) is 0 Å². The van der Waals surface area contributed by atoms with E-state index in [1.165, 1.54) is 212 Å². The van der Waals surface area contributed by atoms with E-state index in [4.69, 9.17) is 0 Å². The highest BCUT2D eigenvalue weighted by Crippen LogP contribution is 2.16. The van der Waals surface area contributed by atoms with Gasteiger partial charge < -0.3 is 15.5 Å². The maximum Gasteiger partial charge on any atom is 0.220 e. The molecule has 0 aliphatic heterocycles. The van der Waals surface area contributed by atoms with Crippen molar-refractivity contribution in [3.8, 4) is 0 Å². The van der Waals surface area contributed by atoms with Gasteiger partial charge in [0.15, 0.2) is 0 Å². The third kappa shape index (κ3) is 43.6. The number of amides is 1. The number of aliphatic hydroxyl groups is 2. The fourth-order valence-corrected chi connectivity index (χ4v) is 7.54. The fourth-order valence-electron chi connectivity index (χ4n) is 7.54. The highest BCUT2D eigenvalue weighted by Gasteiger charge is 2.17. The summed E-state index contributed by atoms with van der Waals surface area (Å²) >= 11 is 0. The summed E-state index contributed by atoms with van der Waals surface area (Å²) in [7, 11) is 0. The number of carbonyl (C=O) groups excluding carboxylic acids is 1. The molecule has 1 amide bonds. The largest absolute Gasteiger partial charge is 0.394 e. The summed E-state index contributed by atoms with van der Waals surface area (Å²) in [5, 5.41) is 23.0. The van der Waals surface area contributed by atoms with Crippen LogP contribution in [0.2, 0.25) is 0 Å². The van der Waals surface area contributed by atoms with Crippen LogP contribution in [0.5, 0.6) is 0 Å². The number of nitrogens with one attached hydrogen (secondary N) is 1. The normalized spacial score (nSPS) is 13.2. The van der Waals surface area contributed by atoms with Crippen LogP contribution in [0.25, 0.3) is 0 Å². The van der Waals surface area contributed by atoms with E-state index in [2.05, 4.69) is 43.5 Å². The number of unbranched alkanes of at least 4 members (excludes halogenated alkanes) is 34. The highest BCUT2D eigenvalue weighted by molar-refractivity contribution is 5.76. The molecule has 4 nitrogen and oxygen atoms in total. The summed E-state index contributed by atoms with van der Waals surface area (Å²) in [4.78, 5) is 12.4. The molecule has 2 unspecified atom stereocenters. The van der Waals surface area contributed by atoms with Crippen molar-refractivity contribution >= 4 is 5.91 Å². The van der Waals surface area contributed by atoms with Gasteiger partial charge >= 0.3 is 0 Å². The Labute approximate surface area is 344 Å². The average molecular weight is 772 g/mol. The first-order valence-corrected chi connectivity index (χ1v) is 24.7. The Morgan fingerprint density at radius 2 is 0.709 bits per heavy atom. The Morgan fingerprint density at radius 3 is 1.05 bits per heavy atom. The smallest absolute Gasteiger partial charge is 0.220 e. The molecule has 2 atom stereocenters. The van der Waals surface area contributed by atoms with Crippen molar-refractivity contribution in [3.63, 3.8) is 0 Å². The molecular weight excluding hydrogens is 675 g/mol. The zero-order chi connectivity index (χ0) is 40.0. The highest BCUT2D eigenvalue weighted by atomic mass is 16.3. The first kappa shape index (κ1) is 53.6. The van der Waals surface area contributed by atoms with Gasteiger partial charge in [-0.3, -0.25) is 4.79 Å². The quantitative estimate of drug-likeness (QED) is 0.0426. The number of rotatable bonds is 45. The molecule has 0 spiro atoms. The monoisotopic (exact) mass is 772 g/mol. The number of carbonyl (C=O) groups is 1. The van der Waals surface area contributed by atoms with Gasteiger partial charge in [-0.15, -0.1) is 0 Å². The molecule has 0 aliphatic carbocycles. The van der Waals surface area contributed by atoms with E-state index in [-0.39, 0.29) is 12.5 Å². The Balaban J connectivity index is 3.44. The van der Waals surface area contributed by atoms with Crippen LogP contribution in [-0.4, -0.2) is 34.9 Å². The van der Waals surface area contributed by atoms with Crippen LogP contribution in [0, 0.1) is 0 Å². The van der Waals surface area contributed by atoms with Crippen LogP contribution < -0.4 is 5.32 Å². The zero-order valence-electron chi connectivity index (χ0n) is 37.2. The summed E-state index contributed by atoms with van der Waals surface area (Å²) in [5.41, 5.74) is 0. The third-order valence-electron chi connectivity index (χ3n) is 11.3. The van der Waals surface area contributed by atoms with Gasteiger partial charge in [0.1, 0.15) is 0 Å². The lowest BCUT2D eigenvalue weighted by Gasteiger charge is -2.19. The van der Waals surface area contributed by atoms with Crippen molar-refractivity contribution in [1.82, 2.24) is 5.32 Å². The molecule has 0 aliphatic rings. The molecular formula is C51H97NO3. The molecule has 3 N–H and O–H groups in total. The van der Waals surface area contributed by atoms with Gasteiger partial charge in [0.25, 0.3) is 0 Å². The molecule has 4 heteroatoms. The van der Waals surface area contributed by atoms with Crippen molar-refractivity contribution in [2.75, 3.05) is 6.61 Å². The molecule has 0 radical (unpaired) electrons. The van der Waals surface area contributed by atoms with Crippen LogP contribution in [-0.2, 0) is 4.79 Å². The van der Waals surface area contributed by atoms with Gasteiger partial charge in [-0.1, -0.05) is 237 Å². The first-order valence-electron chi connectivity index (χ1n) is 24.7. The predicted molar refractivity (Wildman–Crippen MR) is 244 cm³/mol. The van der Waals surface area contributed by atoms with E-state index < -0.39 is 12.1 Å². The molecule has 0 saturated heterocycles. The van der Waals surface area contributed by atoms with Gasteiger partial charge in [-0.05, 0) is 57.8 Å². The summed E-state index contributed by atoms with van der Waals surface area (Å²) in [6, 6.07) is -0.635. The van der Waals surface area contributed by atoms with Crippen molar-refractivity contribution in [1.29, 1.82) is 0 Å². The molecule has 0 aromatic carbocycles. The first-order chi connectivity index (χ1) is 27.2. The Bertz CT molecular complexity index is 836. The van der Waals surface area contributed by atoms with Crippen molar-refractivity contribution in [2.24, 2.45) is 0 Å². The van der Waals surface area contributed by atoms with E-state index in [0.29, 0.717) is 6.42 Å². The number of aliphatic hydroxyl groups excluding tert-OH is 2. The maximum atomic E-state index is 12.4. The minimum atomic E-state index is -0.858. The molecule has 0 fully saturated rings. The number of hydrogen-bond donors (Lipinski definition) is 3. The van der Waals surface area contributed by atoms with Gasteiger partial charge in [0.2, 0.25) is 5.91 Å². The molecule has 0 aromatic heterocycles. The number of hydrogen-bond acceptors (Lipinski definition) is 3. The van der Waals surface area contributed by atoms with E-state index in [1.807, 2.05) is 6.08 Å². The van der Waals surface area contributed by atoms with Crippen molar-refractivity contribution < 1.29 is 15.0 Å². The lowest BCUT2D eigenvalue weighted by atomic mass is 10.0. The second kappa shape index (κ2) is 47.0. The van der Waals surface area contributed by atoms with Crippen LogP contribution in [0.4, 0.5) is 0 Å². The summed E-state index contributed by atoms with van der Waals surface area (Å²) in [5.74, 6) is -0.0717.